The topological polar surface area (TPSA) is 88.5 Å². The Hall–Kier alpha value is -3.71. The first kappa shape index (κ1) is 26.9. The van der Waals surface area contributed by atoms with Gasteiger partial charge in [-0.1, -0.05) is 64.7 Å². The number of thiophene rings is 1. The quantitative estimate of drug-likeness (QED) is 0.238. The number of nitrogens with zero attached hydrogens (tertiary/aromatic N) is 1. The number of rotatable bonds is 8. The maximum atomic E-state index is 13.2. The molecule has 0 bridgehead atoms. The van der Waals surface area contributed by atoms with Crippen LogP contribution in [0.2, 0.25) is 0 Å². The average molecular weight is 543 g/mol. The van der Waals surface area contributed by atoms with E-state index in [1.54, 1.807) is 22.9 Å². The van der Waals surface area contributed by atoms with E-state index in [1.165, 1.54) is 29.7 Å². The number of carbonyl (C=O) groups excluding carboxylic acids is 1. The molecular weight excluding hydrogens is 508 g/mol. The minimum absolute atomic E-state index is 0.0699. The van der Waals surface area contributed by atoms with Gasteiger partial charge in [-0.25, -0.2) is 9.78 Å². The van der Waals surface area contributed by atoms with Gasteiger partial charge in [-0.05, 0) is 81.4 Å². The first-order valence-corrected chi connectivity index (χ1v) is 14.4. The first-order chi connectivity index (χ1) is 18.7. The highest BCUT2D eigenvalue weighted by Crippen LogP contribution is 2.33. The van der Waals surface area contributed by atoms with Crippen molar-refractivity contribution in [3.05, 3.63) is 87.9 Å². The summed E-state index contributed by atoms with van der Waals surface area (Å²) in [5.41, 5.74) is 2.93. The fourth-order valence-corrected chi connectivity index (χ4v) is 5.90. The van der Waals surface area contributed by atoms with Gasteiger partial charge in [0.1, 0.15) is 17.2 Å². The molecule has 0 radical (unpaired) electrons. The summed E-state index contributed by atoms with van der Waals surface area (Å²) in [7, 11) is 0. The van der Waals surface area contributed by atoms with Crippen molar-refractivity contribution < 1.29 is 19.4 Å². The molecule has 2 heterocycles. The van der Waals surface area contributed by atoms with Gasteiger partial charge >= 0.3 is 5.97 Å². The summed E-state index contributed by atoms with van der Waals surface area (Å²) in [4.78, 5) is 29.9. The van der Waals surface area contributed by atoms with Crippen molar-refractivity contribution in [2.75, 3.05) is 0 Å². The van der Waals surface area contributed by atoms with Crippen LogP contribution in [0.4, 0.5) is 0 Å². The molecule has 0 saturated heterocycles. The van der Waals surface area contributed by atoms with Gasteiger partial charge in [-0.2, -0.15) is 11.3 Å². The fourth-order valence-electron chi connectivity index (χ4n) is 5.21. The van der Waals surface area contributed by atoms with E-state index < -0.39 is 17.9 Å². The number of hydrogen-bond acceptors (Lipinski definition) is 5. The van der Waals surface area contributed by atoms with Crippen molar-refractivity contribution >= 4 is 34.0 Å². The lowest BCUT2D eigenvalue weighted by atomic mass is 9.87. The van der Waals surface area contributed by atoms with Crippen molar-refractivity contribution in [2.45, 2.75) is 64.3 Å². The van der Waals surface area contributed by atoms with Crippen LogP contribution >= 0.6 is 11.3 Å². The Morgan fingerprint density at radius 1 is 1.05 bits per heavy atom. The monoisotopic (exact) mass is 542 g/mol. The molecule has 1 unspecified atom stereocenters. The molecule has 4 aromatic rings. The lowest BCUT2D eigenvalue weighted by Gasteiger charge is -2.19. The summed E-state index contributed by atoms with van der Waals surface area (Å²) in [6.45, 7) is 6.55. The second-order valence-corrected chi connectivity index (χ2v) is 12.1. The van der Waals surface area contributed by atoms with Crippen molar-refractivity contribution in [3.63, 3.8) is 0 Å². The minimum atomic E-state index is -1.13. The molecule has 202 valence electrons. The third-order valence-electron chi connectivity index (χ3n) is 7.43. The normalized spacial score (nSPS) is 14.8. The summed E-state index contributed by atoms with van der Waals surface area (Å²) >= 11 is 1.39. The second-order valence-electron chi connectivity index (χ2n) is 11.4. The number of benzene rings is 2. The Morgan fingerprint density at radius 2 is 1.77 bits per heavy atom. The fraction of sp³-hybridized carbons (Fsp3) is 0.344. The van der Waals surface area contributed by atoms with Gasteiger partial charge in [0.15, 0.2) is 6.04 Å². The SMILES string of the molecule is CC(C)(C)c1ccc(Oc2ccc3cc(C(=O)NC(C(=O)O)c4ccsc4)nc(CC4CCCC4)c3c2)cc1. The van der Waals surface area contributed by atoms with E-state index in [2.05, 4.69) is 38.2 Å². The average Bonchev–Trinajstić information content (AvgIpc) is 3.62. The number of carboxylic acid groups (broad SMARTS) is 1. The van der Waals surface area contributed by atoms with Crippen molar-refractivity contribution in [3.8, 4) is 11.5 Å². The Labute approximate surface area is 233 Å². The van der Waals surface area contributed by atoms with Crippen molar-refractivity contribution in [2.24, 2.45) is 5.92 Å². The number of pyridine rings is 1. The van der Waals surface area contributed by atoms with Crippen LogP contribution in [0.5, 0.6) is 11.5 Å². The number of amides is 1. The number of carbonyl (C=O) groups is 2. The molecule has 2 aromatic heterocycles. The summed E-state index contributed by atoms with van der Waals surface area (Å²) < 4.78 is 6.21. The molecule has 1 amide bonds. The summed E-state index contributed by atoms with van der Waals surface area (Å²) in [6, 6.07) is 16.3. The van der Waals surface area contributed by atoms with Crippen molar-refractivity contribution in [1.29, 1.82) is 0 Å². The predicted octanol–water partition coefficient (Wildman–Crippen LogP) is 7.67. The lowest BCUT2D eigenvalue weighted by molar-refractivity contribution is -0.139. The molecule has 0 spiro atoms. The Bertz CT molecular complexity index is 1470. The second kappa shape index (κ2) is 11.2. The zero-order valence-electron chi connectivity index (χ0n) is 22.6. The maximum Gasteiger partial charge on any atom is 0.330 e. The molecule has 1 saturated carbocycles. The highest BCUT2D eigenvalue weighted by atomic mass is 32.1. The van der Waals surface area contributed by atoms with E-state index in [0.717, 1.165) is 41.5 Å². The van der Waals surface area contributed by atoms with Gasteiger partial charge in [0.05, 0.1) is 0 Å². The van der Waals surface area contributed by atoms with Crippen LogP contribution in [0.1, 0.15) is 79.8 Å². The molecule has 1 atom stereocenters. The predicted molar refractivity (Wildman–Crippen MR) is 155 cm³/mol. The lowest BCUT2D eigenvalue weighted by Crippen LogP contribution is -2.34. The Morgan fingerprint density at radius 3 is 2.41 bits per heavy atom. The highest BCUT2D eigenvalue weighted by Gasteiger charge is 2.25. The number of carboxylic acids is 1. The molecule has 2 aromatic carbocycles. The number of fused-ring (bicyclic) bond motifs is 1. The number of ether oxygens (including phenoxy) is 1. The van der Waals surface area contributed by atoms with Crippen LogP contribution in [-0.4, -0.2) is 22.0 Å². The number of aromatic nitrogens is 1. The van der Waals surface area contributed by atoms with Crippen LogP contribution < -0.4 is 10.1 Å². The van der Waals surface area contributed by atoms with E-state index >= 15 is 0 Å². The standard InChI is InChI=1S/C32H34N2O4S/c1-32(2,3)23-9-12-24(13-10-23)38-25-11-8-21-17-28(30(35)34-29(31(36)37)22-14-15-39-19-22)33-27(26(21)18-25)16-20-6-4-5-7-20/h8-15,17-20,29H,4-7,16H2,1-3H3,(H,34,35)(H,36,37). The largest absolute Gasteiger partial charge is 0.479 e. The molecule has 5 rings (SSSR count). The van der Waals surface area contributed by atoms with Gasteiger partial charge in [-0.15, -0.1) is 0 Å². The van der Waals surface area contributed by atoms with Gasteiger partial charge in [-0.3, -0.25) is 4.79 Å². The van der Waals surface area contributed by atoms with Crippen LogP contribution in [0.15, 0.2) is 65.4 Å². The number of hydrogen-bond donors (Lipinski definition) is 2. The van der Waals surface area contributed by atoms with Gasteiger partial charge in [0, 0.05) is 11.1 Å². The third kappa shape index (κ3) is 6.31. The van der Waals surface area contributed by atoms with Gasteiger partial charge in [0.25, 0.3) is 5.91 Å². The Balaban J connectivity index is 1.45. The smallest absolute Gasteiger partial charge is 0.330 e. The van der Waals surface area contributed by atoms with E-state index in [1.807, 2.05) is 30.3 Å². The molecule has 6 nitrogen and oxygen atoms in total. The molecule has 2 N–H and O–H groups in total. The van der Waals surface area contributed by atoms with Crippen molar-refractivity contribution in [1.82, 2.24) is 10.3 Å². The van der Waals surface area contributed by atoms with Gasteiger partial charge in [0.2, 0.25) is 0 Å². The number of aliphatic carboxylic acids is 1. The van der Waals surface area contributed by atoms with E-state index in [9.17, 15) is 14.7 Å². The maximum absolute atomic E-state index is 13.2. The minimum Gasteiger partial charge on any atom is -0.479 e. The Kier molecular flexibility index (Phi) is 7.71. The van der Waals surface area contributed by atoms with E-state index in [4.69, 9.17) is 9.72 Å². The molecule has 0 aliphatic heterocycles. The van der Waals surface area contributed by atoms with Crippen LogP contribution in [0, 0.1) is 5.92 Å². The molecule has 7 heteroatoms. The van der Waals surface area contributed by atoms with E-state index in [-0.39, 0.29) is 11.1 Å². The van der Waals surface area contributed by atoms with Gasteiger partial charge < -0.3 is 15.2 Å². The summed E-state index contributed by atoms with van der Waals surface area (Å²) in [5.74, 6) is 0.387. The van der Waals surface area contributed by atoms with Crippen LogP contribution in [0.25, 0.3) is 10.8 Å². The zero-order chi connectivity index (χ0) is 27.6. The first-order valence-electron chi connectivity index (χ1n) is 13.5. The summed E-state index contributed by atoms with van der Waals surface area (Å²) in [5, 5.41) is 17.7. The zero-order valence-corrected chi connectivity index (χ0v) is 23.4. The summed E-state index contributed by atoms with van der Waals surface area (Å²) in [6.07, 6.45) is 5.49. The number of nitrogens with one attached hydrogen (secondary N) is 1. The molecular formula is C32H34N2O4S. The highest BCUT2D eigenvalue weighted by molar-refractivity contribution is 7.08. The van der Waals surface area contributed by atoms with E-state index in [0.29, 0.717) is 17.2 Å². The molecule has 1 aliphatic carbocycles. The van der Waals surface area contributed by atoms with Crippen LogP contribution in [0.3, 0.4) is 0 Å². The molecule has 1 aliphatic rings. The molecule has 1 fully saturated rings. The van der Waals surface area contributed by atoms with Crippen LogP contribution in [-0.2, 0) is 16.6 Å². The molecule has 39 heavy (non-hydrogen) atoms. The third-order valence-corrected chi connectivity index (χ3v) is 8.13.